The summed E-state index contributed by atoms with van der Waals surface area (Å²) < 4.78 is 5.08. The number of nitrogens with one attached hydrogen (secondary N) is 1. The highest BCUT2D eigenvalue weighted by molar-refractivity contribution is 5.63. The van der Waals surface area contributed by atoms with E-state index in [1.54, 1.807) is 13.2 Å². The second-order valence-electron chi connectivity index (χ2n) is 3.65. The summed E-state index contributed by atoms with van der Waals surface area (Å²) in [4.78, 5) is 6.36. The summed E-state index contributed by atoms with van der Waals surface area (Å²) in [5.41, 5.74) is 6.55. The highest BCUT2D eigenvalue weighted by Crippen LogP contribution is 2.22. The van der Waals surface area contributed by atoms with Gasteiger partial charge in [0.1, 0.15) is 0 Å². The topological polar surface area (TPSA) is 63.4 Å². The standard InChI is InChI=1S/C11H20N4O/c1-13-7-4-8-15(2)11-9(12)5-6-10(14-11)16-3/h5-6,13H,4,7-8,12H2,1-3H3. The molecule has 0 aliphatic carbocycles. The number of rotatable bonds is 6. The van der Waals surface area contributed by atoms with Crippen molar-refractivity contribution in [1.82, 2.24) is 10.3 Å². The molecule has 90 valence electrons. The summed E-state index contributed by atoms with van der Waals surface area (Å²) in [5, 5.41) is 3.11. The van der Waals surface area contributed by atoms with Crippen molar-refractivity contribution in [3.8, 4) is 5.88 Å². The number of hydrogen-bond donors (Lipinski definition) is 2. The molecule has 0 fully saturated rings. The molecular formula is C11H20N4O. The molecule has 0 saturated heterocycles. The fraction of sp³-hybridized carbons (Fsp3) is 0.545. The van der Waals surface area contributed by atoms with Crippen LogP contribution < -0.4 is 20.7 Å². The van der Waals surface area contributed by atoms with Crippen molar-refractivity contribution in [2.24, 2.45) is 0 Å². The lowest BCUT2D eigenvalue weighted by atomic mass is 10.3. The van der Waals surface area contributed by atoms with Gasteiger partial charge in [0, 0.05) is 19.7 Å². The van der Waals surface area contributed by atoms with Gasteiger partial charge in [-0.3, -0.25) is 0 Å². The number of ether oxygens (including phenoxy) is 1. The first-order valence-electron chi connectivity index (χ1n) is 5.35. The molecular weight excluding hydrogens is 204 g/mol. The molecule has 0 aromatic carbocycles. The predicted octanol–water partition coefficient (Wildman–Crippen LogP) is 0.718. The maximum absolute atomic E-state index is 5.87. The monoisotopic (exact) mass is 224 g/mol. The van der Waals surface area contributed by atoms with Gasteiger partial charge in [-0.05, 0) is 26.1 Å². The van der Waals surface area contributed by atoms with Crippen molar-refractivity contribution >= 4 is 11.5 Å². The SMILES string of the molecule is CNCCCN(C)c1nc(OC)ccc1N. The van der Waals surface area contributed by atoms with Gasteiger partial charge < -0.3 is 20.7 Å². The summed E-state index contributed by atoms with van der Waals surface area (Å²) >= 11 is 0. The number of methoxy groups -OCH3 is 1. The highest BCUT2D eigenvalue weighted by Gasteiger charge is 2.08. The average Bonchev–Trinajstić information content (AvgIpc) is 2.30. The Kier molecular flexibility index (Phi) is 4.85. The number of anilines is 2. The zero-order chi connectivity index (χ0) is 12.0. The Hall–Kier alpha value is -1.49. The van der Waals surface area contributed by atoms with Gasteiger partial charge in [0.15, 0.2) is 5.82 Å². The van der Waals surface area contributed by atoms with Gasteiger partial charge in [0.05, 0.1) is 12.8 Å². The van der Waals surface area contributed by atoms with E-state index in [2.05, 4.69) is 10.3 Å². The van der Waals surface area contributed by atoms with E-state index in [9.17, 15) is 0 Å². The zero-order valence-corrected chi connectivity index (χ0v) is 10.2. The number of nitrogens with two attached hydrogens (primary N) is 1. The first-order chi connectivity index (χ1) is 7.69. The minimum Gasteiger partial charge on any atom is -0.481 e. The van der Waals surface area contributed by atoms with Crippen LogP contribution in [0.5, 0.6) is 5.88 Å². The molecule has 1 aromatic heterocycles. The summed E-state index contributed by atoms with van der Waals surface area (Å²) in [6.07, 6.45) is 1.05. The van der Waals surface area contributed by atoms with Crippen LogP contribution in [0.4, 0.5) is 11.5 Å². The Labute approximate surface area is 96.6 Å². The summed E-state index contributed by atoms with van der Waals surface area (Å²) in [7, 11) is 5.52. The van der Waals surface area contributed by atoms with E-state index in [1.165, 1.54) is 0 Å². The van der Waals surface area contributed by atoms with Crippen LogP contribution >= 0.6 is 0 Å². The molecule has 0 atom stereocenters. The molecule has 5 nitrogen and oxygen atoms in total. The number of nitrogen functional groups attached to an aromatic ring is 1. The second-order valence-corrected chi connectivity index (χ2v) is 3.65. The number of hydrogen-bond acceptors (Lipinski definition) is 5. The Bertz CT molecular complexity index is 330. The third-order valence-corrected chi connectivity index (χ3v) is 2.37. The van der Waals surface area contributed by atoms with Crippen molar-refractivity contribution in [3.63, 3.8) is 0 Å². The Balaban J connectivity index is 2.69. The van der Waals surface area contributed by atoms with Crippen LogP contribution in [0.15, 0.2) is 12.1 Å². The number of pyridine rings is 1. The molecule has 0 radical (unpaired) electrons. The van der Waals surface area contributed by atoms with Crippen LogP contribution in [0.1, 0.15) is 6.42 Å². The van der Waals surface area contributed by atoms with E-state index < -0.39 is 0 Å². The van der Waals surface area contributed by atoms with Gasteiger partial charge >= 0.3 is 0 Å². The van der Waals surface area contributed by atoms with Crippen molar-refractivity contribution in [2.75, 3.05) is 44.9 Å². The molecule has 1 heterocycles. The van der Waals surface area contributed by atoms with E-state index in [1.807, 2.05) is 25.1 Å². The molecule has 5 heteroatoms. The third-order valence-electron chi connectivity index (χ3n) is 2.37. The van der Waals surface area contributed by atoms with Gasteiger partial charge in [-0.15, -0.1) is 0 Å². The van der Waals surface area contributed by atoms with Crippen LogP contribution in [-0.4, -0.2) is 39.3 Å². The van der Waals surface area contributed by atoms with Crippen LogP contribution in [0.2, 0.25) is 0 Å². The maximum atomic E-state index is 5.87. The number of aromatic nitrogens is 1. The molecule has 0 saturated carbocycles. The highest BCUT2D eigenvalue weighted by atomic mass is 16.5. The lowest BCUT2D eigenvalue weighted by molar-refractivity contribution is 0.398. The number of nitrogens with zero attached hydrogens (tertiary/aromatic N) is 2. The van der Waals surface area contributed by atoms with E-state index in [0.29, 0.717) is 11.6 Å². The maximum Gasteiger partial charge on any atom is 0.215 e. The van der Waals surface area contributed by atoms with Crippen molar-refractivity contribution < 1.29 is 4.74 Å². The molecule has 0 bridgehead atoms. The molecule has 1 rings (SSSR count). The largest absolute Gasteiger partial charge is 0.481 e. The van der Waals surface area contributed by atoms with E-state index in [0.717, 1.165) is 25.3 Å². The van der Waals surface area contributed by atoms with Crippen molar-refractivity contribution in [3.05, 3.63) is 12.1 Å². The fourth-order valence-corrected chi connectivity index (χ4v) is 1.46. The lowest BCUT2D eigenvalue weighted by Gasteiger charge is -2.20. The first kappa shape index (κ1) is 12.6. The predicted molar refractivity (Wildman–Crippen MR) is 67.0 cm³/mol. The van der Waals surface area contributed by atoms with Gasteiger partial charge in [0.25, 0.3) is 0 Å². The Morgan fingerprint density at radius 2 is 2.25 bits per heavy atom. The molecule has 0 aliphatic heterocycles. The quantitative estimate of drug-likeness (QED) is 0.697. The van der Waals surface area contributed by atoms with E-state index in [-0.39, 0.29) is 0 Å². The average molecular weight is 224 g/mol. The van der Waals surface area contributed by atoms with Gasteiger partial charge in [-0.25, -0.2) is 0 Å². The smallest absolute Gasteiger partial charge is 0.215 e. The molecule has 16 heavy (non-hydrogen) atoms. The summed E-state index contributed by atoms with van der Waals surface area (Å²) in [6, 6.07) is 3.58. The van der Waals surface area contributed by atoms with Gasteiger partial charge in [-0.2, -0.15) is 4.98 Å². The molecule has 0 spiro atoms. The second kappa shape index (κ2) is 6.17. The minimum atomic E-state index is 0.588. The molecule has 0 unspecified atom stereocenters. The first-order valence-corrected chi connectivity index (χ1v) is 5.35. The van der Waals surface area contributed by atoms with Gasteiger partial charge in [-0.1, -0.05) is 0 Å². The molecule has 1 aromatic rings. The normalized spacial score (nSPS) is 10.2. The third kappa shape index (κ3) is 3.27. The van der Waals surface area contributed by atoms with E-state index >= 15 is 0 Å². The summed E-state index contributed by atoms with van der Waals surface area (Å²) in [5.74, 6) is 1.36. The van der Waals surface area contributed by atoms with Crippen LogP contribution in [0, 0.1) is 0 Å². The van der Waals surface area contributed by atoms with Gasteiger partial charge in [0.2, 0.25) is 5.88 Å². The van der Waals surface area contributed by atoms with Crippen molar-refractivity contribution in [2.45, 2.75) is 6.42 Å². The zero-order valence-electron chi connectivity index (χ0n) is 10.2. The Morgan fingerprint density at radius 1 is 1.50 bits per heavy atom. The van der Waals surface area contributed by atoms with Crippen molar-refractivity contribution in [1.29, 1.82) is 0 Å². The molecule has 3 N–H and O–H groups in total. The van der Waals surface area contributed by atoms with Crippen LogP contribution in [0.3, 0.4) is 0 Å². The lowest BCUT2D eigenvalue weighted by Crippen LogP contribution is -2.24. The van der Waals surface area contributed by atoms with Crippen LogP contribution in [0.25, 0.3) is 0 Å². The molecule has 0 amide bonds. The van der Waals surface area contributed by atoms with E-state index in [4.69, 9.17) is 10.5 Å². The minimum absolute atomic E-state index is 0.588. The van der Waals surface area contributed by atoms with Crippen LogP contribution in [-0.2, 0) is 0 Å². The summed E-state index contributed by atoms with van der Waals surface area (Å²) in [6.45, 7) is 1.89. The fourth-order valence-electron chi connectivity index (χ4n) is 1.46. The molecule has 0 aliphatic rings. The Morgan fingerprint density at radius 3 is 2.88 bits per heavy atom.